The fraction of sp³-hybridized carbons (Fsp3) is 0.467. The zero-order chi connectivity index (χ0) is 15.4. The number of hydrogen-bond donors (Lipinski definition) is 2. The van der Waals surface area contributed by atoms with Crippen molar-refractivity contribution in [1.29, 1.82) is 0 Å². The summed E-state index contributed by atoms with van der Waals surface area (Å²) in [5, 5.41) is 6.42. The fourth-order valence-electron chi connectivity index (χ4n) is 2.31. The molecule has 1 aliphatic rings. The molecule has 0 saturated carbocycles. The van der Waals surface area contributed by atoms with Gasteiger partial charge in [0.2, 0.25) is 5.91 Å². The highest BCUT2D eigenvalue weighted by Crippen LogP contribution is 2.24. The molecule has 1 aromatic carbocycles. The summed E-state index contributed by atoms with van der Waals surface area (Å²) in [5.41, 5.74) is 0.970. The number of benzene rings is 1. The number of rotatable bonds is 3. The number of hydrogen-bond acceptors (Lipinski definition) is 3. The van der Waals surface area contributed by atoms with Crippen LogP contribution < -0.4 is 10.6 Å². The average Bonchev–Trinajstić information content (AvgIpc) is 2.49. The van der Waals surface area contributed by atoms with Gasteiger partial charge in [0.15, 0.2) is 0 Å². The lowest BCUT2D eigenvalue weighted by molar-refractivity contribution is -0.118. The Bertz CT molecular complexity index is 540. The van der Waals surface area contributed by atoms with E-state index in [1.807, 2.05) is 0 Å². The molecule has 0 aliphatic carbocycles. The van der Waals surface area contributed by atoms with Crippen molar-refractivity contribution in [3.8, 4) is 0 Å². The first kappa shape index (κ1) is 15.8. The van der Waals surface area contributed by atoms with Crippen molar-refractivity contribution in [2.24, 2.45) is 0 Å². The van der Waals surface area contributed by atoms with E-state index in [1.54, 1.807) is 32.3 Å². The molecule has 0 unspecified atom stereocenters. The largest absolute Gasteiger partial charge is 0.345 e. The van der Waals surface area contributed by atoms with Gasteiger partial charge in [-0.05, 0) is 37.6 Å². The van der Waals surface area contributed by atoms with E-state index in [-0.39, 0.29) is 17.9 Å². The topological polar surface area (TPSA) is 61.4 Å². The predicted octanol–water partition coefficient (Wildman–Crippen LogP) is 2.12. The van der Waals surface area contributed by atoms with Gasteiger partial charge in [-0.25, -0.2) is 0 Å². The summed E-state index contributed by atoms with van der Waals surface area (Å²) in [6.45, 7) is 0.852. The first-order chi connectivity index (χ1) is 9.99. The molecule has 0 spiro atoms. The number of nitrogens with zero attached hydrogens (tertiary/aromatic N) is 1. The third kappa shape index (κ3) is 3.95. The zero-order valence-corrected chi connectivity index (χ0v) is 13.0. The molecule has 2 N–H and O–H groups in total. The number of carbonyl (C=O) groups excluding carboxylic acids is 2. The second-order valence-electron chi connectivity index (χ2n) is 5.39. The van der Waals surface area contributed by atoms with Crippen molar-refractivity contribution in [2.45, 2.75) is 25.3 Å². The number of carbonyl (C=O) groups is 2. The Labute approximate surface area is 129 Å². The first-order valence-corrected chi connectivity index (χ1v) is 7.42. The molecule has 0 aromatic heterocycles. The molecule has 0 bridgehead atoms. The van der Waals surface area contributed by atoms with Gasteiger partial charge in [-0.15, -0.1) is 0 Å². The highest BCUT2D eigenvalue weighted by Gasteiger charge is 2.21. The Morgan fingerprint density at radius 1 is 1.33 bits per heavy atom. The van der Waals surface area contributed by atoms with Gasteiger partial charge in [-0.1, -0.05) is 18.0 Å². The minimum Gasteiger partial charge on any atom is -0.345 e. The van der Waals surface area contributed by atoms with Crippen molar-refractivity contribution in [3.05, 3.63) is 28.8 Å². The summed E-state index contributed by atoms with van der Waals surface area (Å²) in [6.07, 6.45) is 2.95. The van der Waals surface area contributed by atoms with E-state index in [1.165, 1.54) is 4.90 Å². The second-order valence-corrected chi connectivity index (χ2v) is 5.79. The zero-order valence-electron chi connectivity index (χ0n) is 12.3. The minimum absolute atomic E-state index is 0.106. The van der Waals surface area contributed by atoms with E-state index in [0.29, 0.717) is 16.3 Å². The lowest BCUT2D eigenvalue weighted by Gasteiger charge is -2.23. The quantitative estimate of drug-likeness (QED) is 0.899. The van der Waals surface area contributed by atoms with Gasteiger partial charge < -0.3 is 15.5 Å². The molecule has 1 fully saturated rings. The number of amides is 2. The van der Waals surface area contributed by atoms with Crippen LogP contribution in [0.1, 0.15) is 29.6 Å². The summed E-state index contributed by atoms with van der Waals surface area (Å²) in [6, 6.07) is 4.70. The maximum Gasteiger partial charge on any atom is 0.253 e. The van der Waals surface area contributed by atoms with Gasteiger partial charge in [0, 0.05) is 19.7 Å². The molecule has 1 saturated heterocycles. The Morgan fingerprint density at radius 3 is 2.71 bits per heavy atom. The lowest BCUT2D eigenvalue weighted by Crippen LogP contribution is -2.43. The summed E-state index contributed by atoms with van der Waals surface area (Å²) in [5.74, 6) is -0.232. The van der Waals surface area contributed by atoms with Crippen molar-refractivity contribution in [2.75, 3.05) is 26.0 Å². The second kappa shape index (κ2) is 6.91. The van der Waals surface area contributed by atoms with E-state index in [9.17, 15) is 9.59 Å². The highest BCUT2D eigenvalue weighted by molar-refractivity contribution is 6.34. The Hall–Kier alpha value is -1.59. The van der Waals surface area contributed by atoms with Crippen molar-refractivity contribution in [3.63, 3.8) is 0 Å². The standard InChI is InChI=1S/C15H20ClN3O2/c1-19(2)15(21)10-6-7-11(16)13(9-10)18-14(20)12-5-3-4-8-17-12/h6-7,9,12,17H,3-5,8H2,1-2H3,(H,18,20)/t12-/m0/s1. The number of halogens is 1. The summed E-state index contributed by atoms with van der Waals surface area (Å²) in [7, 11) is 3.36. The van der Waals surface area contributed by atoms with Crippen LogP contribution in [0.2, 0.25) is 5.02 Å². The van der Waals surface area contributed by atoms with E-state index in [4.69, 9.17) is 11.6 Å². The monoisotopic (exact) mass is 309 g/mol. The van der Waals surface area contributed by atoms with Crippen LogP contribution in [0.15, 0.2) is 18.2 Å². The summed E-state index contributed by atoms with van der Waals surface area (Å²) >= 11 is 6.10. The van der Waals surface area contributed by atoms with Crippen LogP contribution in [-0.4, -0.2) is 43.4 Å². The molecule has 1 aromatic rings. The van der Waals surface area contributed by atoms with Crippen LogP contribution in [-0.2, 0) is 4.79 Å². The van der Waals surface area contributed by atoms with Gasteiger partial charge in [0.1, 0.15) is 0 Å². The number of piperidine rings is 1. The SMILES string of the molecule is CN(C)C(=O)c1ccc(Cl)c(NC(=O)[C@@H]2CCCCN2)c1. The molecule has 0 radical (unpaired) electrons. The van der Waals surface area contributed by atoms with Crippen LogP contribution in [0.25, 0.3) is 0 Å². The molecule has 21 heavy (non-hydrogen) atoms. The molecule has 114 valence electrons. The molecule has 5 nitrogen and oxygen atoms in total. The van der Waals surface area contributed by atoms with Crippen LogP contribution in [0.5, 0.6) is 0 Å². The molecule has 2 rings (SSSR count). The first-order valence-electron chi connectivity index (χ1n) is 7.04. The minimum atomic E-state index is -0.192. The number of anilines is 1. The normalized spacial score (nSPS) is 18.1. The van der Waals surface area contributed by atoms with Gasteiger partial charge >= 0.3 is 0 Å². The molecule has 1 aliphatic heterocycles. The fourth-order valence-corrected chi connectivity index (χ4v) is 2.47. The van der Waals surface area contributed by atoms with Crippen molar-refractivity contribution < 1.29 is 9.59 Å². The van der Waals surface area contributed by atoms with E-state index < -0.39 is 0 Å². The average molecular weight is 310 g/mol. The predicted molar refractivity (Wildman–Crippen MR) is 83.7 cm³/mol. The van der Waals surface area contributed by atoms with Gasteiger partial charge in [0.05, 0.1) is 16.8 Å². The van der Waals surface area contributed by atoms with Crippen LogP contribution >= 0.6 is 11.6 Å². The summed E-state index contributed by atoms with van der Waals surface area (Å²) < 4.78 is 0. The molecular formula is C15H20ClN3O2. The van der Waals surface area contributed by atoms with Gasteiger partial charge in [-0.2, -0.15) is 0 Å². The third-order valence-electron chi connectivity index (χ3n) is 3.50. The highest BCUT2D eigenvalue weighted by atomic mass is 35.5. The van der Waals surface area contributed by atoms with Crippen LogP contribution in [0, 0.1) is 0 Å². The number of nitrogens with one attached hydrogen (secondary N) is 2. The van der Waals surface area contributed by atoms with E-state index in [2.05, 4.69) is 10.6 Å². The lowest BCUT2D eigenvalue weighted by atomic mass is 10.0. The van der Waals surface area contributed by atoms with E-state index in [0.717, 1.165) is 25.8 Å². The molecule has 1 heterocycles. The molecule has 2 amide bonds. The molecular weight excluding hydrogens is 290 g/mol. The third-order valence-corrected chi connectivity index (χ3v) is 3.83. The summed E-state index contributed by atoms with van der Waals surface area (Å²) in [4.78, 5) is 25.6. The smallest absolute Gasteiger partial charge is 0.253 e. The van der Waals surface area contributed by atoms with Gasteiger partial charge in [-0.3, -0.25) is 9.59 Å². The maximum absolute atomic E-state index is 12.2. The Morgan fingerprint density at radius 2 is 2.10 bits per heavy atom. The Kier molecular flexibility index (Phi) is 5.20. The van der Waals surface area contributed by atoms with Crippen LogP contribution in [0.4, 0.5) is 5.69 Å². The maximum atomic E-state index is 12.2. The van der Waals surface area contributed by atoms with Gasteiger partial charge in [0.25, 0.3) is 5.91 Å². The molecule has 6 heteroatoms. The van der Waals surface area contributed by atoms with Crippen molar-refractivity contribution >= 4 is 29.1 Å². The van der Waals surface area contributed by atoms with Crippen LogP contribution in [0.3, 0.4) is 0 Å². The Balaban J connectivity index is 2.13. The van der Waals surface area contributed by atoms with Crippen molar-refractivity contribution in [1.82, 2.24) is 10.2 Å². The molecule has 1 atom stereocenters. The van der Waals surface area contributed by atoms with E-state index >= 15 is 0 Å².